The van der Waals surface area contributed by atoms with Crippen LogP contribution in [0.25, 0.3) is 0 Å². The van der Waals surface area contributed by atoms with Crippen LogP contribution in [0.5, 0.6) is 0 Å². The highest BCUT2D eigenvalue weighted by molar-refractivity contribution is 6.35. The summed E-state index contributed by atoms with van der Waals surface area (Å²) in [5, 5.41) is 9.87. The second-order valence-electron chi connectivity index (χ2n) is 9.64. The monoisotopic (exact) mass is 528 g/mol. The third-order valence-electron chi connectivity index (χ3n) is 5.33. The molecule has 212 valence electrons. The third-order valence-corrected chi connectivity index (χ3v) is 5.33. The lowest BCUT2D eigenvalue weighted by Gasteiger charge is -2.18. The summed E-state index contributed by atoms with van der Waals surface area (Å²) in [4.78, 5) is 71.5. The maximum atomic E-state index is 12.0. The number of carbonyl (C=O) groups is 6. The van der Waals surface area contributed by atoms with E-state index in [9.17, 15) is 28.8 Å². The quantitative estimate of drug-likeness (QED) is 0.128. The normalized spacial score (nSPS) is 12.3. The summed E-state index contributed by atoms with van der Waals surface area (Å²) in [6.07, 6.45) is 4.47. The molecule has 0 rings (SSSR count). The summed E-state index contributed by atoms with van der Waals surface area (Å²) in [5.74, 6) is -4.29. The van der Waals surface area contributed by atoms with E-state index in [1.54, 1.807) is 0 Å². The molecule has 2 atom stereocenters. The second-order valence-corrected chi connectivity index (χ2v) is 9.64. The van der Waals surface area contributed by atoms with E-state index in [1.807, 2.05) is 27.7 Å². The number of carbonyl (C=O) groups excluding carboxylic acids is 6. The van der Waals surface area contributed by atoms with Gasteiger partial charge in [0.15, 0.2) is 0 Å². The molecule has 0 fully saturated rings. The zero-order valence-electron chi connectivity index (χ0n) is 22.9. The van der Waals surface area contributed by atoms with Crippen molar-refractivity contribution >= 4 is 35.6 Å². The van der Waals surface area contributed by atoms with Crippen LogP contribution in [0.15, 0.2) is 0 Å². The first-order valence-electron chi connectivity index (χ1n) is 12.8. The smallest absolute Gasteiger partial charge is 0.328 e. The predicted molar refractivity (Wildman–Crippen MR) is 136 cm³/mol. The van der Waals surface area contributed by atoms with Gasteiger partial charge in [0.05, 0.1) is 14.2 Å². The van der Waals surface area contributed by atoms with Gasteiger partial charge in [-0.25, -0.2) is 9.59 Å². The number of ether oxygens (including phenoxy) is 2. The molecule has 12 heteroatoms. The maximum Gasteiger partial charge on any atom is 0.328 e. The Balaban J connectivity index is 4.08. The van der Waals surface area contributed by atoms with E-state index >= 15 is 0 Å². The largest absolute Gasteiger partial charge is 0.467 e. The van der Waals surface area contributed by atoms with E-state index in [2.05, 4.69) is 30.7 Å². The Bertz CT molecular complexity index is 708. The molecule has 0 aromatic rings. The average molecular weight is 529 g/mol. The number of rotatable bonds is 16. The number of methoxy groups -OCH3 is 2. The van der Waals surface area contributed by atoms with Crippen molar-refractivity contribution in [2.75, 3.05) is 27.3 Å². The first kappa shape index (κ1) is 33.8. The van der Waals surface area contributed by atoms with Gasteiger partial charge in [-0.2, -0.15) is 0 Å². The lowest BCUT2D eigenvalue weighted by molar-refractivity contribution is -0.147. The van der Waals surface area contributed by atoms with E-state index in [1.165, 1.54) is 14.2 Å². The molecule has 0 saturated carbocycles. The zero-order valence-corrected chi connectivity index (χ0v) is 22.9. The van der Waals surface area contributed by atoms with Gasteiger partial charge < -0.3 is 30.7 Å². The summed E-state index contributed by atoms with van der Waals surface area (Å²) in [7, 11) is 2.45. The minimum absolute atomic E-state index is 0.131. The molecule has 0 aromatic heterocycles. The van der Waals surface area contributed by atoms with Gasteiger partial charge in [0, 0.05) is 13.1 Å². The molecule has 0 saturated heterocycles. The first-order chi connectivity index (χ1) is 17.4. The van der Waals surface area contributed by atoms with Crippen LogP contribution in [0.2, 0.25) is 0 Å². The Morgan fingerprint density at radius 3 is 1.16 bits per heavy atom. The lowest BCUT2D eigenvalue weighted by atomic mass is 10.0. The Morgan fingerprint density at radius 2 is 0.865 bits per heavy atom. The fourth-order valence-electron chi connectivity index (χ4n) is 3.45. The first-order valence-corrected chi connectivity index (χ1v) is 12.8. The second kappa shape index (κ2) is 19.0. The minimum atomic E-state index is -0.877. The highest BCUT2D eigenvalue weighted by Gasteiger charge is 2.26. The molecule has 0 bridgehead atoms. The zero-order chi connectivity index (χ0) is 28.4. The van der Waals surface area contributed by atoms with Gasteiger partial charge in [-0.15, -0.1) is 0 Å². The Morgan fingerprint density at radius 1 is 0.541 bits per heavy atom. The number of esters is 2. The van der Waals surface area contributed by atoms with Crippen LogP contribution in [0.4, 0.5) is 0 Å². The van der Waals surface area contributed by atoms with Gasteiger partial charge >= 0.3 is 35.6 Å². The standard InChI is InChI=1S/C25H44N4O8/c1-16(2)14-18(24(34)36-5)28-22(32)20(30)26-12-10-8-7-9-11-13-27-21(31)23(33)29-19(15-17(3)4)25(35)37-6/h16-19H,7-15H2,1-6H3,(H,26,30)(H,27,31)(H,28,32)(H,29,33). The highest BCUT2D eigenvalue weighted by Crippen LogP contribution is 2.07. The minimum Gasteiger partial charge on any atom is -0.467 e. The Hall–Kier alpha value is -3.18. The molecule has 4 N–H and O–H groups in total. The van der Waals surface area contributed by atoms with Crippen LogP contribution in [0, 0.1) is 11.8 Å². The van der Waals surface area contributed by atoms with Gasteiger partial charge in [-0.3, -0.25) is 19.2 Å². The summed E-state index contributed by atoms with van der Waals surface area (Å²) in [6.45, 7) is 8.20. The van der Waals surface area contributed by atoms with E-state index < -0.39 is 47.7 Å². The van der Waals surface area contributed by atoms with Crippen molar-refractivity contribution in [2.45, 2.75) is 84.7 Å². The topological polar surface area (TPSA) is 169 Å². The molecule has 0 radical (unpaired) electrons. The molecule has 2 unspecified atom stereocenters. The Kier molecular flexibility index (Phi) is 17.4. The number of amides is 4. The van der Waals surface area contributed by atoms with Crippen molar-refractivity contribution in [1.29, 1.82) is 0 Å². The Labute approximate surface area is 219 Å². The summed E-state index contributed by atoms with van der Waals surface area (Å²) < 4.78 is 9.33. The molecular weight excluding hydrogens is 484 g/mol. The number of hydrogen-bond donors (Lipinski definition) is 4. The van der Waals surface area contributed by atoms with E-state index in [4.69, 9.17) is 0 Å². The summed E-state index contributed by atoms with van der Waals surface area (Å²) in [6, 6.07) is -1.74. The molecule has 4 amide bonds. The van der Waals surface area contributed by atoms with Crippen molar-refractivity contribution in [3.05, 3.63) is 0 Å². The lowest BCUT2D eigenvalue weighted by Crippen LogP contribution is -2.48. The molecule has 0 aliphatic carbocycles. The van der Waals surface area contributed by atoms with E-state index in [-0.39, 0.29) is 11.8 Å². The molecular formula is C25H44N4O8. The molecule has 0 aromatic carbocycles. The SMILES string of the molecule is COC(=O)C(CC(C)C)NC(=O)C(=O)NCCCCCCCNC(=O)C(=O)NC(CC(C)C)C(=O)OC. The molecule has 12 nitrogen and oxygen atoms in total. The maximum absolute atomic E-state index is 12.0. The van der Waals surface area contributed by atoms with Crippen molar-refractivity contribution < 1.29 is 38.2 Å². The van der Waals surface area contributed by atoms with Crippen molar-refractivity contribution in [3.63, 3.8) is 0 Å². The highest BCUT2D eigenvalue weighted by atomic mass is 16.5. The third kappa shape index (κ3) is 15.5. The van der Waals surface area contributed by atoms with Crippen LogP contribution >= 0.6 is 0 Å². The predicted octanol–water partition coefficient (Wildman–Crippen LogP) is 0.577. The molecule has 0 spiro atoms. The van der Waals surface area contributed by atoms with Gasteiger partial charge in [0.1, 0.15) is 12.1 Å². The number of unbranched alkanes of at least 4 members (excludes halogenated alkanes) is 4. The summed E-state index contributed by atoms with van der Waals surface area (Å²) >= 11 is 0. The molecule has 0 aliphatic heterocycles. The number of hydrogen-bond acceptors (Lipinski definition) is 8. The van der Waals surface area contributed by atoms with Crippen LogP contribution in [0.1, 0.15) is 72.6 Å². The number of nitrogens with one attached hydrogen (secondary N) is 4. The molecule has 0 heterocycles. The van der Waals surface area contributed by atoms with Gasteiger partial charge in [-0.1, -0.05) is 47.0 Å². The van der Waals surface area contributed by atoms with Gasteiger partial charge in [0.2, 0.25) is 0 Å². The fraction of sp³-hybridized carbons (Fsp3) is 0.760. The van der Waals surface area contributed by atoms with Crippen molar-refractivity contribution in [2.24, 2.45) is 11.8 Å². The fourth-order valence-corrected chi connectivity index (χ4v) is 3.45. The van der Waals surface area contributed by atoms with Crippen molar-refractivity contribution in [1.82, 2.24) is 21.3 Å². The van der Waals surface area contributed by atoms with Gasteiger partial charge in [0.25, 0.3) is 0 Å². The molecule has 37 heavy (non-hydrogen) atoms. The van der Waals surface area contributed by atoms with Crippen LogP contribution in [-0.2, 0) is 38.2 Å². The average Bonchev–Trinajstić information content (AvgIpc) is 2.84. The van der Waals surface area contributed by atoms with Crippen LogP contribution < -0.4 is 21.3 Å². The van der Waals surface area contributed by atoms with Crippen molar-refractivity contribution in [3.8, 4) is 0 Å². The summed E-state index contributed by atoms with van der Waals surface area (Å²) in [5.41, 5.74) is 0. The van der Waals surface area contributed by atoms with Crippen LogP contribution in [0.3, 0.4) is 0 Å². The molecule has 0 aliphatic rings. The van der Waals surface area contributed by atoms with E-state index in [0.717, 1.165) is 19.3 Å². The van der Waals surface area contributed by atoms with E-state index in [0.29, 0.717) is 38.8 Å². The van der Waals surface area contributed by atoms with Gasteiger partial charge in [-0.05, 0) is 37.5 Å². The van der Waals surface area contributed by atoms with Crippen LogP contribution in [-0.4, -0.2) is 75.0 Å².